The van der Waals surface area contributed by atoms with Crippen LogP contribution in [0.5, 0.6) is 0 Å². The summed E-state index contributed by atoms with van der Waals surface area (Å²) in [4.78, 5) is 21.2. The van der Waals surface area contributed by atoms with Gasteiger partial charge in [-0.05, 0) is 61.3 Å². The first kappa shape index (κ1) is 16.6. The summed E-state index contributed by atoms with van der Waals surface area (Å²) in [6.45, 7) is 4.21. The summed E-state index contributed by atoms with van der Waals surface area (Å²) in [6.07, 6.45) is 1.15. The van der Waals surface area contributed by atoms with Crippen LogP contribution < -0.4 is 5.56 Å². The molecule has 2 N–H and O–H groups in total. The lowest BCUT2D eigenvalue weighted by atomic mass is 10.1. The Balaban J connectivity index is 1.73. The molecule has 0 atom stereocenters. The standard InChI is InChI=1S/C22H23N3O/c1-3-10-25(2)14-15-8-9-20-17(11-15)13-21(23-20)18-12-16-6-4-5-7-19(16)24-22(18)26/h4-9,11-13,23H,3,10,14H2,1-2H3,(H,24,26). The van der Waals surface area contributed by atoms with Crippen molar-refractivity contribution in [3.8, 4) is 11.3 Å². The predicted octanol–water partition coefficient (Wildman–Crippen LogP) is 4.52. The van der Waals surface area contributed by atoms with Gasteiger partial charge in [0.15, 0.2) is 0 Å². The Labute approximate surface area is 152 Å². The molecule has 0 aliphatic heterocycles. The van der Waals surface area contributed by atoms with Gasteiger partial charge in [0.1, 0.15) is 0 Å². The van der Waals surface area contributed by atoms with E-state index >= 15 is 0 Å². The monoisotopic (exact) mass is 345 g/mol. The van der Waals surface area contributed by atoms with E-state index in [1.165, 1.54) is 5.56 Å². The summed E-state index contributed by atoms with van der Waals surface area (Å²) in [7, 11) is 2.14. The highest BCUT2D eigenvalue weighted by atomic mass is 16.1. The molecule has 0 fully saturated rings. The van der Waals surface area contributed by atoms with Crippen LogP contribution in [0.2, 0.25) is 0 Å². The van der Waals surface area contributed by atoms with E-state index < -0.39 is 0 Å². The van der Waals surface area contributed by atoms with E-state index in [-0.39, 0.29) is 5.56 Å². The van der Waals surface area contributed by atoms with Crippen molar-refractivity contribution in [3.63, 3.8) is 0 Å². The molecule has 0 bridgehead atoms. The maximum absolute atomic E-state index is 12.5. The van der Waals surface area contributed by atoms with Gasteiger partial charge < -0.3 is 14.9 Å². The van der Waals surface area contributed by atoms with Crippen molar-refractivity contribution in [3.05, 3.63) is 70.5 Å². The fraction of sp³-hybridized carbons (Fsp3) is 0.227. The number of rotatable bonds is 5. The third-order valence-corrected chi connectivity index (χ3v) is 4.79. The van der Waals surface area contributed by atoms with Gasteiger partial charge in [-0.25, -0.2) is 0 Å². The number of hydrogen-bond acceptors (Lipinski definition) is 2. The van der Waals surface area contributed by atoms with Crippen LogP contribution in [0, 0.1) is 0 Å². The zero-order valence-electron chi connectivity index (χ0n) is 15.2. The number of aromatic nitrogens is 2. The predicted molar refractivity (Wildman–Crippen MR) is 108 cm³/mol. The lowest BCUT2D eigenvalue weighted by Crippen LogP contribution is -2.18. The maximum Gasteiger partial charge on any atom is 0.257 e. The van der Waals surface area contributed by atoms with Crippen LogP contribution in [0.1, 0.15) is 18.9 Å². The second-order valence-corrected chi connectivity index (χ2v) is 6.94. The molecule has 0 aliphatic carbocycles. The minimum Gasteiger partial charge on any atom is -0.354 e. The van der Waals surface area contributed by atoms with Gasteiger partial charge in [0, 0.05) is 23.0 Å². The molecule has 2 aromatic heterocycles. The average Bonchev–Trinajstić information content (AvgIpc) is 3.04. The molecule has 4 heteroatoms. The van der Waals surface area contributed by atoms with Crippen molar-refractivity contribution >= 4 is 21.8 Å². The number of pyridine rings is 1. The number of nitrogens with one attached hydrogen (secondary N) is 2. The second-order valence-electron chi connectivity index (χ2n) is 6.94. The molecule has 132 valence electrons. The van der Waals surface area contributed by atoms with Crippen LogP contribution in [-0.4, -0.2) is 28.5 Å². The van der Waals surface area contributed by atoms with Crippen LogP contribution in [0.4, 0.5) is 0 Å². The zero-order chi connectivity index (χ0) is 18.1. The first-order chi connectivity index (χ1) is 12.6. The Morgan fingerprint density at radius 3 is 2.58 bits per heavy atom. The third kappa shape index (κ3) is 3.16. The summed E-state index contributed by atoms with van der Waals surface area (Å²) in [5.74, 6) is 0. The molecule has 4 rings (SSSR count). The molecule has 4 aromatic rings. The van der Waals surface area contributed by atoms with Crippen molar-refractivity contribution in [1.82, 2.24) is 14.9 Å². The Morgan fingerprint density at radius 1 is 0.923 bits per heavy atom. The number of nitrogens with zero attached hydrogens (tertiary/aromatic N) is 1. The SMILES string of the molecule is CCCN(C)Cc1ccc2[nH]c(-c3cc4ccccc4[nH]c3=O)cc2c1. The van der Waals surface area contributed by atoms with Crippen LogP contribution >= 0.6 is 0 Å². The van der Waals surface area contributed by atoms with Gasteiger partial charge in [-0.3, -0.25) is 4.79 Å². The minimum absolute atomic E-state index is 0.0711. The quantitative estimate of drug-likeness (QED) is 0.559. The molecule has 4 nitrogen and oxygen atoms in total. The molecule has 0 amide bonds. The van der Waals surface area contributed by atoms with Crippen LogP contribution in [0.3, 0.4) is 0 Å². The van der Waals surface area contributed by atoms with Gasteiger partial charge >= 0.3 is 0 Å². The van der Waals surface area contributed by atoms with Gasteiger partial charge in [-0.15, -0.1) is 0 Å². The highest BCUT2D eigenvalue weighted by Gasteiger charge is 2.10. The van der Waals surface area contributed by atoms with E-state index in [2.05, 4.69) is 53.1 Å². The van der Waals surface area contributed by atoms with Crippen LogP contribution in [0.25, 0.3) is 33.1 Å². The molecule has 0 saturated carbocycles. The number of para-hydroxylation sites is 1. The summed E-state index contributed by atoms with van der Waals surface area (Å²) >= 11 is 0. The van der Waals surface area contributed by atoms with Crippen molar-refractivity contribution in [1.29, 1.82) is 0 Å². The second kappa shape index (κ2) is 6.81. The van der Waals surface area contributed by atoms with Crippen molar-refractivity contribution in [2.45, 2.75) is 19.9 Å². The van der Waals surface area contributed by atoms with Crippen LogP contribution in [-0.2, 0) is 6.54 Å². The van der Waals surface area contributed by atoms with Crippen LogP contribution in [0.15, 0.2) is 59.4 Å². The highest BCUT2D eigenvalue weighted by molar-refractivity contribution is 5.89. The smallest absolute Gasteiger partial charge is 0.257 e. The largest absolute Gasteiger partial charge is 0.354 e. The van der Waals surface area contributed by atoms with Crippen molar-refractivity contribution < 1.29 is 0 Å². The molecule has 0 spiro atoms. The van der Waals surface area contributed by atoms with E-state index in [0.29, 0.717) is 5.56 Å². The molecule has 0 unspecified atom stereocenters. The van der Waals surface area contributed by atoms with E-state index in [9.17, 15) is 4.79 Å². The van der Waals surface area contributed by atoms with Gasteiger partial charge in [0.25, 0.3) is 5.56 Å². The van der Waals surface area contributed by atoms with E-state index in [1.54, 1.807) is 0 Å². The number of benzene rings is 2. The molecule has 2 aromatic carbocycles. The minimum atomic E-state index is -0.0711. The Kier molecular flexibility index (Phi) is 4.35. The van der Waals surface area contributed by atoms with Gasteiger partial charge in [-0.1, -0.05) is 31.2 Å². The third-order valence-electron chi connectivity index (χ3n) is 4.79. The lowest BCUT2D eigenvalue weighted by Gasteiger charge is -2.15. The zero-order valence-corrected chi connectivity index (χ0v) is 15.2. The molecule has 26 heavy (non-hydrogen) atoms. The first-order valence-corrected chi connectivity index (χ1v) is 9.06. The van der Waals surface area contributed by atoms with E-state index in [4.69, 9.17) is 0 Å². The maximum atomic E-state index is 12.5. The van der Waals surface area contributed by atoms with E-state index in [0.717, 1.165) is 47.0 Å². The van der Waals surface area contributed by atoms with Gasteiger partial charge in [-0.2, -0.15) is 0 Å². The van der Waals surface area contributed by atoms with Crippen molar-refractivity contribution in [2.24, 2.45) is 0 Å². The summed E-state index contributed by atoms with van der Waals surface area (Å²) in [5.41, 5.74) is 4.65. The Morgan fingerprint density at radius 2 is 1.73 bits per heavy atom. The average molecular weight is 345 g/mol. The summed E-state index contributed by atoms with van der Waals surface area (Å²) < 4.78 is 0. The number of fused-ring (bicyclic) bond motifs is 2. The molecule has 0 aliphatic rings. The molecule has 0 radical (unpaired) electrons. The first-order valence-electron chi connectivity index (χ1n) is 9.06. The summed E-state index contributed by atoms with van der Waals surface area (Å²) in [5, 5.41) is 2.16. The molecule has 2 heterocycles. The Hall–Kier alpha value is -2.85. The lowest BCUT2D eigenvalue weighted by molar-refractivity contribution is 0.327. The van der Waals surface area contributed by atoms with Crippen molar-refractivity contribution in [2.75, 3.05) is 13.6 Å². The molecule has 0 saturated heterocycles. The normalized spacial score (nSPS) is 11.7. The highest BCUT2D eigenvalue weighted by Crippen LogP contribution is 2.25. The fourth-order valence-electron chi connectivity index (χ4n) is 3.55. The van der Waals surface area contributed by atoms with Gasteiger partial charge in [0.05, 0.1) is 11.3 Å². The summed E-state index contributed by atoms with van der Waals surface area (Å²) in [6, 6.07) is 18.3. The molecular weight excluding hydrogens is 322 g/mol. The number of aromatic amines is 2. The Bertz CT molecular complexity index is 1120. The number of H-pyrrole nitrogens is 2. The van der Waals surface area contributed by atoms with Gasteiger partial charge in [0.2, 0.25) is 0 Å². The fourth-order valence-corrected chi connectivity index (χ4v) is 3.55. The van der Waals surface area contributed by atoms with E-state index in [1.807, 2.05) is 30.3 Å². The molecular formula is C22H23N3O. The topological polar surface area (TPSA) is 51.9 Å². The number of hydrogen-bond donors (Lipinski definition) is 2.